The molecule has 2 amide bonds. The zero-order valence-electron chi connectivity index (χ0n) is 44.8. The van der Waals surface area contributed by atoms with Crippen molar-refractivity contribution < 1.29 is 179 Å². The zero-order valence-corrected chi connectivity index (χ0v) is 44.8. The Hall–Kier alpha value is -2.42. The number of hydrogen-bond donors (Lipinski definition) is 24. The molecule has 6 fully saturated rings. The molecule has 6 rings (SSSR count). The zero-order chi connectivity index (χ0) is 62.3. The van der Waals surface area contributed by atoms with Crippen LogP contribution in [0.5, 0.6) is 0 Å². The molecular formula is C46H80N2O36. The Balaban J connectivity index is 1.21. The highest BCUT2D eigenvalue weighted by atomic mass is 16.8. The lowest BCUT2D eigenvalue weighted by molar-refractivity contribution is -0.388. The fourth-order valence-corrected chi connectivity index (χ4v) is 10.4. The van der Waals surface area contributed by atoms with Gasteiger partial charge in [-0.2, -0.15) is 0 Å². The van der Waals surface area contributed by atoms with E-state index in [0.717, 1.165) is 13.8 Å². The second-order valence-corrected chi connectivity index (χ2v) is 20.8. The number of carbonyl (C=O) groups excluding carboxylic acids is 2. The van der Waals surface area contributed by atoms with Gasteiger partial charge in [0.2, 0.25) is 11.8 Å². The lowest BCUT2D eigenvalue weighted by atomic mass is 9.93. The molecule has 0 aromatic carbocycles. The summed E-state index contributed by atoms with van der Waals surface area (Å²) in [5.74, 6) is -1.80. The van der Waals surface area contributed by atoms with Crippen LogP contribution in [0.4, 0.5) is 0 Å². The van der Waals surface area contributed by atoms with Gasteiger partial charge in [-0.05, 0) is 0 Å². The molecular weight excluding hydrogens is 1160 g/mol. The number of rotatable bonds is 25. The highest BCUT2D eigenvalue weighted by Crippen LogP contribution is 2.37. The molecule has 34 atom stereocenters. The number of aliphatic hydroxyl groups is 22. The number of aliphatic hydroxyl groups excluding tert-OH is 22. The molecule has 490 valence electrons. The van der Waals surface area contributed by atoms with Crippen molar-refractivity contribution in [3.05, 3.63) is 0 Å². The van der Waals surface area contributed by atoms with Gasteiger partial charge in [-0.15, -0.1) is 0 Å². The van der Waals surface area contributed by atoms with Crippen LogP contribution < -0.4 is 10.6 Å². The Morgan fingerprint density at radius 3 is 1.00 bits per heavy atom. The Morgan fingerprint density at radius 1 is 0.357 bits per heavy atom. The molecule has 84 heavy (non-hydrogen) atoms. The van der Waals surface area contributed by atoms with Gasteiger partial charge >= 0.3 is 0 Å². The molecule has 6 heterocycles. The van der Waals surface area contributed by atoms with E-state index in [1.807, 2.05) is 0 Å². The topological polar surface area (TPSA) is 614 Å². The Kier molecular flexibility index (Phi) is 26.4. The summed E-state index contributed by atoms with van der Waals surface area (Å²) in [7, 11) is 0. The lowest BCUT2D eigenvalue weighted by Gasteiger charge is -2.51. The van der Waals surface area contributed by atoms with Crippen LogP contribution in [0.3, 0.4) is 0 Å². The van der Waals surface area contributed by atoms with E-state index in [4.69, 9.17) is 56.8 Å². The van der Waals surface area contributed by atoms with Crippen molar-refractivity contribution in [3.8, 4) is 0 Å². The van der Waals surface area contributed by atoms with Gasteiger partial charge in [0.05, 0.1) is 52.9 Å². The third kappa shape index (κ3) is 15.6. The summed E-state index contributed by atoms with van der Waals surface area (Å²) in [6.07, 6.45) is -63.7. The minimum absolute atomic E-state index is 0.891. The maximum Gasteiger partial charge on any atom is 0.217 e. The summed E-state index contributed by atoms with van der Waals surface area (Å²) in [6, 6.07) is -3.71. The van der Waals surface area contributed by atoms with Crippen molar-refractivity contribution in [2.75, 3.05) is 52.9 Å². The van der Waals surface area contributed by atoms with E-state index in [0.29, 0.717) is 0 Å². The van der Waals surface area contributed by atoms with E-state index in [1.165, 1.54) is 0 Å². The van der Waals surface area contributed by atoms with Crippen LogP contribution in [0.25, 0.3) is 0 Å². The Bertz CT molecular complexity index is 2010. The normalized spacial score (nSPS) is 46.4. The number of nitrogens with one attached hydrogen (secondary N) is 2. The number of carbonyl (C=O) groups is 2. The molecule has 0 bridgehead atoms. The fraction of sp³-hybridized carbons (Fsp3) is 0.957. The molecule has 0 aliphatic carbocycles. The van der Waals surface area contributed by atoms with Gasteiger partial charge in [-0.1, -0.05) is 0 Å². The molecule has 6 aliphatic heterocycles. The average molecular weight is 1240 g/mol. The molecule has 38 nitrogen and oxygen atoms in total. The summed E-state index contributed by atoms with van der Waals surface area (Å²) in [6.45, 7) is -6.47. The molecule has 24 N–H and O–H groups in total. The van der Waals surface area contributed by atoms with Crippen LogP contribution in [0.15, 0.2) is 0 Å². The van der Waals surface area contributed by atoms with Crippen molar-refractivity contribution in [2.24, 2.45) is 0 Å². The molecule has 38 heteroatoms. The van der Waals surface area contributed by atoms with Gasteiger partial charge in [0.1, 0.15) is 171 Å². The molecule has 0 aromatic rings. The van der Waals surface area contributed by atoms with Gasteiger partial charge in [-0.3, -0.25) is 9.59 Å². The van der Waals surface area contributed by atoms with E-state index < -0.39 is 273 Å². The van der Waals surface area contributed by atoms with Gasteiger partial charge in [-0.25, -0.2) is 0 Å². The molecule has 0 radical (unpaired) electrons. The Labute approximate surface area is 475 Å². The summed E-state index contributed by atoms with van der Waals surface area (Å²) >= 11 is 0. The van der Waals surface area contributed by atoms with Crippen LogP contribution in [0.2, 0.25) is 0 Å². The van der Waals surface area contributed by atoms with E-state index in [9.17, 15) is 122 Å². The first-order chi connectivity index (χ1) is 39.7. The molecule has 6 saturated heterocycles. The maximum atomic E-state index is 12.7. The first-order valence-electron chi connectivity index (χ1n) is 26.6. The quantitative estimate of drug-likeness (QED) is 0.0404. The van der Waals surface area contributed by atoms with Gasteiger partial charge in [0.15, 0.2) is 37.7 Å². The summed E-state index contributed by atoms with van der Waals surface area (Å²) in [5.41, 5.74) is 0. The van der Waals surface area contributed by atoms with Crippen molar-refractivity contribution in [1.82, 2.24) is 10.6 Å². The van der Waals surface area contributed by atoms with Crippen LogP contribution in [-0.2, 0) is 66.4 Å². The van der Waals surface area contributed by atoms with Gasteiger partial charge in [0, 0.05) is 13.8 Å². The number of hydrogen-bond acceptors (Lipinski definition) is 36. The van der Waals surface area contributed by atoms with Crippen molar-refractivity contribution in [1.29, 1.82) is 0 Å². The number of ether oxygens (including phenoxy) is 12. The van der Waals surface area contributed by atoms with Gasteiger partial charge in [0.25, 0.3) is 0 Å². The Morgan fingerprint density at radius 2 is 0.655 bits per heavy atom. The monoisotopic (exact) mass is 1240 g/mol. The first kappa shape index (κ1) is 70.7. The van der Waals surface area contributed by atoms with E-state index in [1.54, 1.807) is 0 Å². The molecule has 0 unspecified atom stereocenters. The highest BCUT2D eigenvalue weighted by molar-refractivity contribution is 5.73. The first-order valence-corrected chi connectivity index (χ1v) is 26.6. The maximum absolute atomic E-state index is 12.7. The third-order valence-corrected chi connectivity index (χ3v) is 15.0. The fourth-order valence-electron chi connectivity index (χ4n) is 10.4. The summed E-state index contributed by atoms with van der Waals surface area (Å²) in [4.78, 5) is 25.3. The lowest BCUT2D eigenvalue weighted by Crippen LogP contribution is -2.71. The van der Waals surface area contributed by atoms with Crippen molar-refractivity contribution >= 4 is 11.8 Å². The second kappa shape index (κ2) is 31.4. The SMILES string of the molecule is CC(=O)N[C@H]1[C@H](O[C@H]2[C@@H](O)[C@@H](CO)O[C@@H](O[C@@H]([C@H](O)[C@@H](O)CO)[C@H](O)CO)[C@@H]2O)O[C@H](CO)[C@@H](O[C@@H]2O[C@H](CO)[C@H](O)[C@H](O[C@@H]3O[C@H](CO)[C@@H](O[C@@H]4O[C@H](CO)[C@H](O)[C@H](O[C@H]5O[C@H](CO)[C@H](O)[C@H](O)[C@H]5O)[C@H]4O)[C@H](O)[C@H]3NC(C)=O)[C@H]2O)[C@@H]1O. The van der Waals surface area contributed by atoms with Crippen molar-refractivity contribution in [3.63, 3.8) is 0 Å². The highest BCUT2D eigenvalue weighted by Gasteiger charge is 2.59. The molecule has 6 aliphatic rings. The summed E-state index contributed by atoms with van der Waals surface area (Å²) < 4.78 is 68.6. The third-order valence-electron chi connectivity index (χ3n) is 15.0. The molecule has 0 saturated carbocycles. The van der Waals surface area contributed by atoms with E-state index >= 15 is 0 Å². The minimum atomic E-state index is -2.29. The standard InChI is InChI=1S/C46H80N2O36/c1-11(57)47-21-28(66)36(19(9-55)77-41(21)82-38-25(63)16(6-52)74-44(32(38)70)79-35(14(60)4-50)23(61)13(59)3-49)80-45-33(71)39(26(64)17(7-53)75-45)83-42-22(48-12(2)58)29(67)37(20(10-56)78-42)81-46-34(72)40(27(65)18(8-54)76-46)84-43-31(69)30(68)24(62)15(5-51)73-43/h13-46,49-56,59-72H,3-10H2,1-2H3,(H,47,57)(H,48,58)/t13-,14+,15+,16+,17+,18+,19+,20+,21+,22+,23+,24-,25-,26-,27-,28+,29+,30-,31+,32+,33+,34+,35+,36+,37+,38-,39-,40-,41-,42-,43+,44-,45-,46-/m0/s1. The van der Waals surface area contributed by atoms with Crippen molar-refractivity contribution in [2.45, 2.75) is 222 Å². The molecule has 0 aromatic heterocycles. The van der Waals surface area contributed by atoms with Gasteiger partial charge < -0.3 is 180 Å². The smallest absolute Gasteiger partial charge is 0.217 e. The largest absolute Gasteiger partial charge is 0.394 e. The van der Waals surface area contributed by atoms with Crippen LogP contribution >= 0.6 is 0 Å². The van der Waals surface area contributed by atoms with Crippen LogP contribution in [0.1, 0.15) is 13.8 Å². The second-order valence-electron chi connectivity index (χ2n) is 20.8. The van der Waals surface area contributed by atoms with E-state index in [-0.39, 0.29) is 0 Å². The number of amides is 2. The van der Waals surface area contributed by atoms with Crippen LogP contribution in [-0.4, -0.2) is 386 Å². The van der Waals surface area contributed by atoms with Crippen LogP contribution in [0, 0.1) is 0 Å². The minimum Gasteiger partial charge on any atom is -0.394 e. The van der Waals surface area contributed by atoms with E-state index in [2.05, 4.69) is 10.6 Å². The summed E-state index contributed by atoms with van der Waals surface area (Å²) in [5, 5.41) is 239. The predicted molar refractivity (Wildman–Crippen MR) is 257 cm³/mol. The predicted octanol–water partition coefficient (Wildman–Crippen LogP) is -16.4. The average Bonchev–Trinajstić information content (AvgIpc) is 2.22. The molecule has 0 spiro atoms.